The summed E-state index contributed by atoms with van der Waals surface area (Å²) >= 11 is 0. The second-order valence-electron chi connectivity index (χ2n) is 8.88. The Morgan fingerprint density at radius 1 is 1.00 bits per heavy atom. The van der Waals surface area contributed by atoms with Gasteiger partial charge in [0.1, 0.15) is 11.8 Å². The van der Waals surface area contributed by atoms with Gasteiger partial charge in [0.2, 0.25) is 11.8 Å². The van der Waals surface area contributed by atoms with Crippen molar-refractivity contribution in [2.24, 2.45) is 5.92 Å². The van der Waals surface area contributed by atoms with Gasteiger partial charge in [-0.05, 0) is 61.9 Å². The quantitative estimate of drug-likeness (QED) is 0.595. The minimum Gasteiger partial charge on any atom is -0.497 e. The van der Waals surface area contributed by atoms with Crippen LogP contribution in [0.3, 0.4) is 0 Å². The highest BCUT2D eigenvalue weighted by molar-refractivity contribution is 5.97. The number of amides is 3. The van der Waals surface area contributed by atoms with Crippen LogP contribution in [0.1, 0.15) is 49.0 Å². The van der Waals surface area contributed by atoms with Crippen molar-refractivity contribution in [3.8, 4) is 5.75 Å². The Kier molecular flexibility index (Phi) is 9.08. The summed E-state index contributed by atoms with van der Waals surface area (Å²) < 4.78 is 5.16. The van der Waals surface area contributed by atoms with E-state index in [1.54, 1.807) is 31.4 Å². The molecule has 7 heteroatoms. The van der Waals surface area contributed by atoms with Gasteiger partial charge in [0.25, 0.3) is 5.91 Å². The van der Waals surface area contributed by atoms with Crippen LogP contribution in [0, 0.1) is 5.92 Å². The molecule has 2 N–H and O–H groups in total. The lowest BCUT2D eigenvalue weighted by atomic mass is 9.88. The maximum absolute atomic E-state index is 13.1. The van der Waals surface area contributed by atoms with E-state index in [2.05, 4.69) is 10.6 Å². The fourth-order valence-electron chi connectivity index (χ4n) is 4.16. The summed E-state index contributed by atoms with van der Waals surface area (Å²) in [5.41, 5.74) is 1.46. The van der Waals surface area contributed by atoms with Gasteiger partial charge in [0.15, 0.2) is 0 Å². The van der Waals surface area contributed by atoms with Crippen molar-refractivity contribution in [1.82, 2.24) is 15.5 Å². The summed E-state index contributed by atoms with van der Waals surface area (Å²) in [6, 6.07) is 15.9. The smallest absolute Gasteiger partial charge is 0.251 e. The summed E-state index contributed by atoms with van der Waals surface area (Å²) in [5, 5.41) is 5.97. The third-order valence-electron chi connectivity index (χ3n) is 6.48. The SMILES string of the molecule is CCC(C)NC(=O)C(NC(=O)c1ccc(OC)cc1)C1CCN(C(=O)Cc2ccccc2)CC1. The molecule has 2 aromatic carbocycles. The number of likely N-dealkylation sites (tertiary alicyclic amines) is 1. The van der Waals surface area contributed by atoms with E-state index in [9.17, 15) is 14.4 Å². The van der Waals surface area contributed by atoms with Gasteiger partial charge in [0.05, 0.1) is 13.5 Å². The van der Waals surface area contributed by atoms with Gasteiger partial charge in [-0.15, -0.1) is 0 Å². The number of nitrogens with one attached hydrogen (secondary N) is 2. The lowest BCUT2D eigenvalue weighted by molar-refractivity contribution is -0.132. The van der Waals surface area contributed by atoms with Crippen LogP contribution in [0.25, 0.3) is 0 Å². The first-order valence-corrected chi connectivity index (χ1v) is 12.0. The topological polar surface area (TPSA) is 87.7 Å². The predicted octanol–water partition coefficient (Wildman–Crippen LogP) is 3.19. The first-order valence-electron chi connectivity index (χ1n) is 12.0. The van der Waals surface area contributed by atoms with Gasteiger partial charge < -0.3 is 20.3 Å². The summed E-state index contributed by atoms with van der Waals surface area (Å²) in [6.07, 6.45) is 2.49. The Hall–Kier alpha value is -3.35. The number of carbonyl (C=O) groups is 3. The zero-order valence-electron chi connectivity index (χ0n) is 20.3. The normalized spacial score (nSPS) is 15.8. The van der Waals surface area contributed by atoms with E-state index >= 15 is 0 Å². The lowest BCUT2D eigenvalue weighted by Gasteiger charge is -2.36. The van der Waals surface area contributed by atoms with E-state index in [0.29, 0.717) is 43.7 Å². The van der Waals surface area contributed by atoms with Gasteiger partial charge in [-0.3, -0.25) is 14.4 Å². The van der Waals surface area contributed by atoms with Crippen LogP contribution in [0.4, 0.5) is 0 Å². The van der Waals surface area contributed by atoms with Crippen LogP contribution in [0.2, 0.25) is 0 Å². The molecule has 0 spiro atoms. The molecule has 7 nitrogen and oxygen atoms in total. The average molecular weight is 466 g/mol. The Bertz CT molecular complexity index is 954. The molecule has 0 saturated carbocycles. The third-order valence-corrected chi connectivity index (χ3v) is 6.48. The Morgan fingerprint density at radius 3 is 2.24 bits per heavy atom. The number of hydrogen-bond acceptors (Lipinski definition) is 4. The summed E-state index contributed by atoms with van der Waals surface area (Å²) in [4.78, 5) is 40.6. The molecule has 0 radical (unpaired) electrons. The molecule has 182 valence electrons. The van der Waals surface area contributed by atoms with Gasteiger partial charge >= 0.3 is 0 Å². The van der Waals surface area contributed by atoms with Crippen LogP contribution in [0.5, 0.6) is 5.75 Å². The maximum Gasteiger partial charge on any atom is 0.251 e. The van der Waals surface area contributed by atoms with Crippen molar-refractivity contribution < 1.29 is 19.1 Å². The molecule has 34 heavy (non-hydrogen) atoms. The fraction of sp³-hybridized carbons (Fsp3) is 0.444. The summed E-state index contributed by atoms with van der Waals surface area (Å²) in [6.45, 7) is 5.10. The van der Waals surface area contributed by atoms with E-state index in [1.165, 1.54) is 0 Å². The van der Waals surface area contributed by atoms with Crippen LogP contribution in [0.15, 0.2) is 54.6 Å². The highest BCUT2D eigenvalue weighted by atomic mass is 16.5. The van der Waals surface area contributed by atoms with Crippen LogP contribution < -0.4 is 15.4 Å². The molecule has 1 heterocycles. The molecule has 1 aliphatic heterocycles. The second-order valence-corrected chi connectivity index (χ2v) is 8.88. The molecule has 2 aromatic rings. The zero-order valence-corrected chi connectivity index (χ0v) is 20.3. The Balaban J connectivity index is 1.65. The number of benzene rings is 2. The minimum atomic E-state index is -0.657. The number of ether oxygens (including phenoxy) is 1. The van der Waals surface area contributed by atoms with E-state index in [4.69, 9.17) is 4.74 Å². The van der Waals surface area contributed by atoms with Crippen LogP contribution in [-0.2, 0) is 16.0 Å². The first kappa shape index (κ1) is 25.3. The van der Waals surface area contributed by atoms with Crippen molar-refractivity contribution in [1.29, 1.82) is 0 Å². The van der Waals surface area contributed by atoms with Crippen LogP contribution >= 0.6 is 0 Å². The van der Waals surface area contributed by atoms with Crippen molar-refractivity contribution in [3.63, 3.8) is 0 Å². The summed E-state index contributed by atoms with van der Waals surface area (Å²) in [7, 11) is 1.57. The van der Waals surface area contributed by atoms with Crippen molar-refractivity contribution >= 4 is 17.7 Å². The molecule has 0 aliphatic carbocycles. The Morgan fingerprint density at radius 2 is 1.65 bits per heavy atom. The van der Waals surface area contributed by atoms with E-state index in [1.807, 2.05) is 49.1 Å². The molecule has 3 rings (SSSR count). The monoisotopic (exact) mass is 465 g/mol. The number of piperidine rings is 1. The Labute approximate surface area is 201 Å². The standard InChI is InChI=1S/C27H35N3O4/c1-4-19(2)28-27(33)25(29-26(32)22-10-12-23(34-3)13-11-22)21-14-16-30(17-15-21)24(31)18-20-8-6-5-7-9-20/h5-13,19,21,25H,4,14-18H2,1-3H3,(H,28,33)(H,29,32). The number of carbonyl (C=O) groups excluding carboxylic acids is 3. The fourth-order valence-corrected chi connectivity index (χ4v) is 4.16. The average Bonchev–Trinajstić information content (AvgIpc) is 2.87. The molecule has 2 atom stereocenters. The van der Waals surface area contributed by atoms with Crippen LogP contribution in [-0.4, -0.2) is 54.9 Å². The largest absolute Gasteiger partial charge is 0.497 e. The molecule has 0 bridgehead atoms. The van der Waals surface area contributed by atoms with E-state index in [0.717, 1.165) is 12.0 Å². The molecule has 1 aliphatic rings. The number of nitrogens with zero attached hydrogens (tertiary/aromatic N) is 1. The van der Waals surface area contributed by atoms with E-state index < -0.39 is 6.04 Å². The maximum atomic E-state index is 13.1. The van der Waals surface area contributed by atoms with Crippen molar-refractivity contribution in [2.45, 2.75) is 51.6 Å². The number of hydrogen-bond donors (Lipinski definition) is 2. The summed E-state index contributed by atoms with van der Waals surface area (Å²) in [5.74, 6) is 0.231. The second kappa shape index (κ2) is 12.2. The molecule has 0 aromatic heterocycles. The molecule has 2 unspecified atom stereocenters. The minimum absolute atomic E-state index is 0.0143. The van der Waals surface area contributed by atoms with Gasteiger partial charge in [-0.2, -0.15) is 0 Å². The molecule has 1 saturated heterocycles. The van der Waals surface area contributed by atoms with Gasteiger partial charge in [-0.1, -0.05) is 37.3 Å². The van der Waals surface area contributed by atoms with Gasteiger partial charge in [0, 0.05) is 24.7 Å². The number of rotatable bonds is 9. The third kappa shape index (κ3) is 6.83. The molecular weight excluding hydrogens is 430 g/mol. The highest BCUT2D eigenvalue weighted by Crippen LogP contribution is 2.23. The molecule has 3 amide bonds. The first-order chi connectivity index (χ1) is 16.4. The zero-order chi connectivity index (χ0) is 24.5. The van der Waals surface area contributed by atoms with Crippen molar-refractivity contribution in [2.75, 3.05) is 20.2 Å². The highest BCUT2D eigenvalue weighted by Gasteiger charge is 2.34. The van der Waals surface area contributed by atoms with Crippen molar-refractivity contribution in [3.05, 3.63) is 65.7 Å². The predicted molar refractivity (Wildman–Crippen MR) is 132 cm³/mol. The van der Waals surface area contributed by atoms with Gasteiger partial charge in [-0.25, -0.2) is 0 Å². The molecular formula is C27H35N3O4. The lowest BCUT2D eigenvalue weighted by Crippen LogP contribution is -2.55. The van der Waals surface area contributed by atoms with E-state index in [-0.39, 0.29) is 29.7 Å². The number of methoxy groups -OCH3 is 1. The molecule has 1 fully saturated rings.